The maximum absolute atomic E-state index is 5.03. The topological polar surface area (TPSA) is 17.8 Å². The Kier molecular flexibility index (Phi) is 10.9. The molecule has 2 aromatic carbocycles. The van der Waals surface area contributed by atoms with Crippen LogP contribution in [0.25, 0.3) is 0 Å². The highest BCUT2D eigenvalue weighted by molar-refractivity contribution is 5.33. The summed E-state index contributed by atoms with van der Waals surface area (Å²) in [4.78, 5) is 5.03. The number of hydrogen-bond acceptors (Lipinski definition) is 1. The van der Waals surface area contributed by atoms with Gasteiger partial charge in [0.15, 0.2) is 0 Å². The van der Waals surface area contributed by atoms with Crippen LogP contribution in [0.4, 0.5) is 0 Å². The molecule has 3 aromatic rings. The van der Waals surface area contributed by atoms with Crippen molar-refractivity contribution in [2.45, 2.75) is 109 Å². The SMILES string of the molecule is CCCCCCCC(c1nccn1CCCCCC)C(C)(Cc1ccccc1)c1ccccc1. The first-order valence-electron chi connectivity index (χ1n) is 13.8. The molecule has 0 saturated heterocycles. The van der Waals surface area contributed by atoms with Crippen LogP contribution in [0.1, 0.15) is 108 Å². The van der Waals surface area contributed by atoms with Crippen LogP contribution in [0.15, 0.2) is 73.1 Å². The number of unbranched alkanes of at least 4 members (excludes halogenated alkanes) is 7. The van der Waals surface area contributed by atoms with Gasteiger partial charge in [-0.1, -0.05) is 133 Å². The van der Waals surface area contributed by atoms with Crippen molar-refractivity contribution in [1.29, 1.82) is 0 Å². The zero-order valence-corrected chi connectivity index (χ0v) is 21.9. The van der Waals surface area contributed by atoms with E-state index in [1.165, 1.54) is 81.2 Å². The van der Waals surface area contributed by atoms with Crippen molar-refractivity contribution in [3.05, 3.63) is 90.0 Å². The predicted octanol–water partition coefficient (Wildman–Crippen LogP) is 9.11. The van der Waals surface area contributed by atoms with Gasteiger partial charge in [0.1, 0.15) is 5.82 Å². The normalized spacial score (nSPS) is 14.1. The van der Waals surface area contributed by atoms with E-state index in [2.05, 4.69) is 92.2 Å². The Labute approximate surface area is 208 Å². The summed E-state index contributed by atoms with van der Waals surface area (Å²) in [5.74, 6) is 1.67. The smallest absolute Gasteiger partial charge is 0.112 e. The van der Waals surface area contributed by atoms with Crippen LogP contribution < -0.4 is 0 Å². The molecule has 2 unspecified atom stereocenters. The molecular weight excluding hydrogens is 412 g/mol. The van der Waals surface area contributed by atoms with Gasteiger partial charge in [-0.2, -0.15) is 0 Å². The first kappa shape index (κ1) is 26.3. The van der Waals surface area contributed by atoms with Crippen LogP contribution >= 0.6 is 0 Å². The minimum atomic E-state index is -0.0140. The molecular formula is C32H46N2. The van der Waals surface area contributed by atoms with E-state index in [9.17, 15) is 0 Å². The average molecular weight is 459 g/mol. The van der Waals surface area contributed by atoms with Gasteiger partial charge in [0.25, 0.3) is 0 Å². The van der Waals surface area contributed by atoms with Gasteiger partial charge in [-0.05, 0) is 30.4 Å². The molecule has 0 aliphatic heterocycles. The molecule has 2 atom stereocenters. The number of hydrogen-bond donors (Lipinski definition) is 0. The fourth-order valence-electron chi connectivity index (χ4n) is 5.48. The number of benzene rings is 2. The summed E-state index contributed by atoms with van der Waals surface area (Å²) >= 11 is 0. The maximum Gasteiger partial charge on any atom is 0.112 e. The van der Waals surface area contributed by atoms with E-state index in [4.69, 9.17) is 4.98 Å². The van der Waals surface area contributed by atoms with Gasteiger partial charge < -0.3 is 4.57 Å². The van der Waals surface area contributed by atoms with Crippen molar-refractivity contribution in [1.82, 2.24) is 9.55 Å². The summed E-state index contributed by atoms with van der Waals surface area (Å²) in [7, 11) is 0. The molecule has 0 bridgehead atoms. The van der Waals surface area contributed by atoms with Crippen LogP contribution in [0, 0.1) is 0 Å². The highest BCUT2D eigenvalue weighted by atomic mass is 15.1. The summed E-state index contributed by atoms with van der Waals surface area (Å²) in [6, 6.07) is 22.3. The molecule has 0 aliphatic rings. The highest BCUT2D eigenvalue weighted by Crippen LogP contribution is 2.44. The van der Waals surface area contributed by atoms with E-state index in [0.29, 0.717) is 5.92 Å². The van der Waals surface area contributed by atoms with Crippen molar-refractivity contribution in [2.75, 3.05) is 0 Å². The Hall–Kier alpha value is -2.35. The number of rotatable bonds is 16. The molecule has 3 rings (SSSR count). The molecule has 34 heavy (non-hydrogen) atoms. The second-order valence-electron chi connectivity index (χ2n) is 10.2. The van der Waals surface area contributed by atoms with E-state index in [0.717, 1.165) is 13.0 Å². The minimum absolute atomic E-state index is 0.0140. The largest absolute Gasteiger partial charge is 0.335 e. The quantitative estimate of drug-likeness (QED) is 0.196. The molecule has 1 aromatic heterocycles. The Morgan fingerprint density at radius 2 is 1.38 bits per heavy atom. The van der Waals surface area contributed by atoms with Crippen LogP contribution in [0.2, 0.25) is 0 Å². The Morgan fingerprint density at radius 1 is 0.765 bits per heavy atom. The Morgan fingerprint density at radius 3 is 2.06 bits per heavy atom. The molecule has 1 heterocycles. The van der Waals surface area contributed by atoms with Gasteiger partial charge in [-0.15, -0.1) is 0 Å². The maximum atomic E-state index is 5.03. The lowest BCUT2D eigenvalue weighted by atomic mass is 9.66. The van der Waals surface area contributed by atoms with Gasteiger partial charge in [-0.25, -0.2) is 4.98 Å². The van der Waals surface area contributed by atoms with Gasteiger partial charge >= 0.3 is 0 Å². The van der Waals surface area contributed by atoms with Gasteiger partial charge in [-0.3, -0.25) is 0 Å². The lowest BCUT2D eigenvalue weighted by molar-refractivity contribution is 0.321. The zero-order valence-electron chi connectivity index (χ0n) is 21.9. The third-order valence-electron chi connectivity index (χ3n) is 7.52. The number of aryl methyl sites for hydroxylation is 1. The van der Waals surface area contributed by atoms with E-state index in [1.807, 2.05) is 6.20 Å². The Balaban J connectivity index is 1.95. The summed E-state index contributed by atoms with van der Waals surface area (Å²) < 4.78 is 2.47. The van der Waals surface area contributed by atoms with Crippen molar-refractivity contribution >= 4 is 0 Å². The highest BCUT2D eigenvalue weighted by Gasteiger charge is 2.39. The molecule has 2 nitrogen and oxygen atoms in total. The van der Waals surface area contributed by atoms with Crippen molar-refractivity contribution in [3.8, 4) is 0 Å². The monoisotopic (exact) mass is 458 g/mol. The summed E-state index contributed by atoms with van der Waals surface area (Å²) in [5, 5.41) is 0. The average Bonchev–Trinajstić information content (AvgIpc) is 3.33. The summed E-state index contributed by atoms with van der Waals surface area (Å²) in [6.07, 6.45) is 18.2. The fraction of sp³-hybridized carbons (Fsp3) is 0.531. The van der Waals surface area contributed by atoms with Gasteiger partial charge in [0.2, 0.25) is 0 Å². The predicted molar refractivity (Wildman–Crippen MR) is 146 cm³/mol. The van der Waals surface area contributed by atoms with Crippen molar-refractivity contribution in [3.63, 3.8) is 0 Å². The zero-order chi connectivity index (χ0) is 24.1. The first-order valence-corrected chi connectivity index (χ1v) is 13.8. The first-order chi connectivity index (χ1) is 16.7. The lowest BCUT2D eigenvalue weighted by Crippen LogP contribution is -2.35. The molecule has 0 radical (unpaired) electrons. The van der Waals surface area contributed by atoms with E-state index in [1.54, 1.807) is 0 Å². The number of aromatic nitrogens is 2. The van der Waals surface area contributed by atoms with E-state index in [-0.39, 0.29) is 5.41 Å². The third-order valence-corrected chi connectivity index (χ3v) is 7.52. The summed E-state index contributed by atoms with van der Waals surface area (Å²) in [5.41, 5.74) is 2.82. The second-order valence-corrected chi connectivity index (χ2v) is 10.2. The molecule has 0 saturated carbocycles. The molecule has 0 N–H and O–H groups in total. The molecule has 184 valence electrons. The molecule has 2 heteroatoms. The molecule has 0 amide bonds. The van der Waals surface area contributed by atoms with Crippen molar-refractivity contribution in [2.24, 2.45) is 0 Å². The molecule has 0 fully saturated rings. The van der Waals surface area contributed by atoms with E-state index >= 15 is 0 Å². The third kappa shape index (κ3) is 7.32. The number of nitrogens with zero attached hydrogens (tertiary/aromatic N) is 2. The van der Waals surface area contributed by atoms with Crippen LogP contribution in [-0.2, 0) is 18.4 Å². The number of imidazole rings is 1. The van der Waals surface area contributed by atoms with Crippen LogP contribution in [-0.4, -0.2) is 9.55 Å². The lowest BCUT2D eigenvalue weighted by Gasteiger charge is -2.39. The van der Waals surface area contributed by atoms with Crippen LogP contribution in [0.5, 0.6) is 0 Å². The summed E-state index contributed by atoms with van der Waals surface area (Å²) in [6.45, 7) is 8.15. The standard InChI is InChI=1S/C32H46N2/c1-4-6-8-10-17-23-30(31-33-24-26-34(31)25-18-9-7-5-2)32(3,29-21-15-12-16-22-29)27-28-19-13-11-14-20-28/h11-16,19-22,24,26,30H,4-10,17-18,23,25,27H2,1-3H3. The molecule has 0 spiro atoms. The van der Waals surface area contributed by atoms with Gasteiger partial charge in [0, 0.05) is 30.3 Å². The van der Waals surface area contributed by atoms with Crippen molar-refractivity contribution < 1.29 is 0 Å². The second kappa shape index (κ2) is 14.1. The van der Waals surface area contributed by atoms with Gasteiger partial charge in [0.05, 0.1) is 0 Å². The van der Waals surface area contributed by atoms with E-state index < -0.39 is 0 Å². The van der Waals surface area contributed by atoms with Crippen LogP contribution in [0.3, 0.4) is 0 Å². The minimum Gasteiger partial charge on any atom is -0.335 e. The Bertz CT molecular complexity index is 914. The fourth-order valence-corrected chi connectivity index (χ4v) is 5.48. The molecule has 0 aliphatic carbocycles.